The molecule has 2 aromatic rings. The fourth-order valence-corrected chi connectivity index (χ4v) is 4.36. The molecule has 1 aromatic carbocycles. The summed E-state index contributed by atoms with van der Waals surface area (Å²) in [6.45, 7) is 3.37. The van der Waals surface area contributed by atoms with Crippen LogP contribution in [0.2, 0.25) is 0 Å². The summed E-state index contributed by atoms with van der Waals surface area (Å²) in [7, 11) is 0. The first kappa shape index (κ1) is 20.4. The minimum absolute atomic E-state index is 0.0349. The molecule has 0 radical (unpaired) electrons. The van der Waals surface area contributed by atoms with Gasteiger partial charge in [-0.1, -0.05) is 41.3 Å². The maximum Gasteiger partial charge on any atom is 0.409 e. The number of carbonyl (C=O) groups is 2. The number of likely N-dealkylation sites (tertiary alicyclic amines) is 1. The first-order valence-corrected chi connectivity index (χ1v) is 10.9. The van der Waals surface area contributed by atoms with Crippen LogP contribution in [0.3, 0.4) is 0 Å². The number of para-hydroxylation sites is 1. The number of nitrogens with one attached hydrogen (secondary N) is 2. The molecule has 2 amide bonds. The van der Waals surface area contributed by atoms with Gasteiger partial charge in [0.15, 0.2) is 4.34 Å². The number of piperidine rings is 1. The van der Waals surface area contributed by atoms with Crippen molar-refractivity contribution in [2.45, 2.75) is 30.1 Å². The molecule has 150 valence electrons. The molecular weight excluding hydrogens is 398 g/mol. The van der Waals surface area contributed by atoms with Gasteiger partial charge >= 0.3 is 6.09 Å². The van der Waals surface area contributed by atoms with Crippen molar-refractivity contribution in [1.29, 1.82) is 0 Å². The van der Waals surface area contributed by atoms with Gasteiger partial charge < -0.3 is 20.3 Å². The van der Waals surface area contributed by atoms with E-state index in [4.69, 9.17) is 4.74 Å². The number of nitrogens with zero attached hydrogens (tertiary/aromatic N) is 3. The lowest BCUT2D eigenvalue weighted by Gasteiger charge is -2.31. The van der Waals surface area contributed by atoms with Crippen LogP contribution in [0.4, 0.5) is 15.6 Å². The lowest BCUT2D eigenvalue weighted by molar-refractivity contribution is -0.119. The standard InChI is InChI=1S/C18H23N5O3S2/c1-2-26-18(25)23-10-8-14(9-11-23)19-15(24)12-27-17-22-21-16(28-17)20-13-6-4-3-5-7-13/h3-7,14H,2,8-12H2,1H3,(H,19,24)(H,20,21). The largest absolute Gasteiger partial charge is 0.450 e. The first-order chi connectivity index (χ1) is 13.6. The zero-order valence-corrected chi connectivity index (χ0v) is 17.2. The average molecular weight is 422 g/mol. The molecule has 28 heavy (non-hydrogen) atoms. The molecule has 1 aromatic heterocycles. The molecule has 1 aliphatic rings. The van der Waals surface area contributed by atoms with E-state index in [-0.39, 0.29) is 23.8 Å². The fourth-order valence-electron chi connectivity index (χ4n) is 2.78. The van der Waals surface area contributed by atoms with E-state index < -0.39 is 0 Å². The van der Waals surface area contributed by atoms with Crippen LogP contribution in [0.15, 0.2) is 34.7 Å². The molecular formula is C18H23N5O3S2. The van der Waals surface area contributed by atoms with Crippen LogP contribution in [-0.2, 0) is 9.53 Å². The van der Waals surface area contributed by atoms with E-state index in [0.29, 0.717) is 24.8 Å². The third-order valence-electron chi connectivity index (χ3n) is 4.14. The number of anilines is 2. The average Bonchev–Trinajstić information content (AvgIpc) is 3.15. The predicted molar refractivity (Wildman–Crippen MR) is 110 cm³/mol. The van der Waals surface area contributed by atoms with Crippen LogP contribution < -0.4 is 10.6 Å². The summed E-state index contributed by atoms with van der Waals surface area (Å²) in [4.78, 5) is 25.6. The van der Waals surface area contributed by atoms with Crippen LogP contribution in [0.25, 0.3) is 0 Å². The molecule has 0 atom stereocenters. The van der Waals surface area contributed by atoms with Crippen molar-refractivity contribution in [2.24, 2.45) is 0 Å². The Bertz CT molecular complexity index is 779. The number of carbonyl (C=O) groups excluding carboxylic acids is 2. The summed E-state index contributed by atoms with van der Waals surface area (Å²) >= 11 is 2.78. The maximum atomic E-state index is 12.2. The van der Waals surface area contributed by atoms with Gasteiger partial charge in [0.05, 0.1) is 12.4 Å². The summed E-state index contributed by atoms with van der Waals surface area (Å²) in [5.74, 6) is 0.255. The quantitative estimate of drug-likeness (QED) is 0.663. The van der Waals surface area contributed by atoms with Crippen molar-refractivity contribution in [2.75, 3.05) is 30.8 Å². The maximum absolute atomic E-state index is 12.2. The number of thioether (sulfide) groups is 1. The molecule has 10 heteroatoms. The summed E-state index contributed by atoms with van der Waals surface area (Å²) in [5.41, 5.74) is 0.946. The Morgan fingerprint density at radius 3 is 2.71 bits per heavy atom. The lowest BCUT2D eigenvalue weighted by Crippen LogP contribution is -2.47. The zero-order chi connectivity index (χ0) is 19.8. The van der Waals surface area contributed by atoms with Gasteiger partial charge in [-0.2, -0.15) is 0 Å². The minimum atomic E-state index is -0.279. The van der Waals surface area contributed by atoms with E-state index in [1.54, 1.807) is 11.8 Å². The van der Waals surface area contributed by atoms with Gasteiger partial charge in [0, 0.05) is 24.8 Å². The predicted octanol–water partition coefficient (Wildman–Crippen LogP) is 3.11. The molecule has 1 saturated heterocycles. The lowest BCUT2D eigenvalue weighted by atomic mass is 10.1. The van der Waals surface area contributed by atoms with Crippen molar-refractivity contribution < 1.29 is 14.3 Å². The van der Waals surface area contributed by atoms with Gasteiger partial charge in [0.2, 0.25) is 11.0 Å². The van der Waals surface area contributed by atoms with Crippen LogP contribution in [0, 0.1) is 0 Å². The van der Waals surface area contributed by atoms with E-state index in [2.05, 4.69) is 20.8 Å². The molecule has 2 heterocycles. The van der Waals surface area contributed by atoms with Gasteiger partial charge in [-0.15, -0.1) is 10.2 Å². The Hall–Kier alpha value is -2.33. The van der Waals surface area contributed by atoms with Crippen LogP contribution in [0.5, 0.6) is 0 Å². The van der Waals surface area contributed by atoms with E-state index in [9.17, 15) is 9.59 Å². The molecule has 8 nitrogen and oxygen atoms in total. The highest BCUT2D eigenvalue weighted by Crippen LogP contribution is 2.27. The second-order valence-corrected chi connectivity index (χ2v) is 8.38. The van der Waals surface area contributed by atoms with Crippen LogP contribution >= 0.6 is 23.1 Å². The van der Waals surface area contributed by atoms with E-state index in [1.165, 1.54) is 23.1 Å². The van der Waals surface area contributed by atoms with Crippen LogP contribution in [-0.4, -0.2) is 58.6 Å². The summed E-state index contributed by atoms with van der Waals surface area (Å²) < 4.78 is 5.75. The number of amides is 2. The second kappa shape index (κ2) is 10.3. The molecule has 0 unspecified atom stereocenters. The number of hydrogen-bond donors (Lipinski definition) is 2. The SMILES string of the molecule is CCOC(=O)N1CCC(NC(=O)CSc2nnc(Nc3ccccc3)s2)CC1. The molecule has 0 spiro atoms. The van der Waals surface area contributed by atoms with Gasteiger partial charge in [0.25, 0.3) is 0 Å². The molecule has 2 N–H and O–H groups in total. The molecule has 0 saturated carbocycles. The molecule has 0 aliphatic carbocycles. The Morgan fingerprint density at radius 2 is 2.00 bits per heavy atom. The second-order valence-electron chi connectivity index (χ2n) is 6.18. The van der Waals surface area contributed by atoms with E-state index in [0.717, 1.165) is 22.9 Å². The monoisotopic (exact) mass is 421 g/mol. The summed E-state index contributed by atoms with van der Waals surface area (Å²) in [5, 5.41) is 15.1. The number of aromatic nitrogens is 2. The molecule has 0 bridgehead atoms. The van der Waals surface area contributed by atoms with Crippen molar-refractivity contribution in [1.82, 2.24) is 20.4 Å². The number of hydrogen-bond acceptors (Lipinski definition) is 8. The fraction of sp³-hybridized carbons (Fsp3) is 0.444. The number of ether oxygens (including phenoxy) is 1. The summed E-state index contributed by atoms with van der Waals surface area (Å²) in [6.07, 6.45) is 1.19. The van der Waals surface area contributed by atoms with Crippen LogP contribution in [0.1, 0.15) is 19.8 Å². The van der Waals surface area contributed by atoms with Crippen molar-refractivity contribution in [3.8, 4) is 0 Å². The minimum Gasteiger partial charge on any atom is -0.450 e. The van der Waals surface area contributed by atoms with Gasteiger partial charge in [-0.25, -0.2) is 4.79 Å². The highest BCUT2D eigenvalue weighted by Gasteiger charge is 2.24. The summed E-state index contributed by atoms with van der Waals surface area (Å²) in [6, 6.07) is 9.83. The van der Waals surface area contributed by atoms with Crippen molar-refractivity contribution in [3.63, 3.8) is 0 Å². The smallest absolute Gasteiger partial charge is 0.409 e. The van der Waals surface area contributed by atoms with E-state index in [1.807, 2.05) is 30.3 Å². The van der Waals surface area contributed by atoms with E-state index >= 15 is 0 Å². The highest BCUT2D eigenvalue weighted by molar-refractivity contribution is 8.01. The molecule has 1 aliphatic heterocycles. The zero-order valence-electron chi connectivity index (χ0n) is 15.6. The Balaban J connectivity index is 1.38. The molecule has 1 fully saturated rings. The van der Waals surface area contributed by atoms with Gasteiger partial charge in [0.1, 0.15) is 0 Å². The topological polar surface area (TPSA) is 96.5 Å². The number of benzene rings is 1. The van der Waals surface area contributed by atoms with Crippen molar-refractivity contribution >= 4 is 45.9 Å². The third kappa shape index (κ3) is 6.10. The third-order valence-corrected chi connectivity index (χ3v) is 6.12. The van der Waals surface area contributed by atoms with Gasteiger partial charge in [-0.3, -0.25) is 4.79 Å². The molecule has 3 rings (SSSR count). The number of rotatable bonds is 7. The highest BCUT2D eigenvalue weighted by atomic mass is 32.2. The Kier molecular flexibility index (Phi) is 7.49. The normalized spacial score (nSPS) is 14.5. The van der Waals surface area contributed by atoms with Gasteiger partial charge in [-0.05, 0) is 31.9 Å². The Morgan fingerprint density at radius 1 is 1.25 bits per heavy atom. The Labute approximate surface area is 172 Å². The first-order valence-electron chi connectivity index (χ1n) is 9.13. The van der Waals surface area contributed by atoms with Crippen molar-refractivity contribution in [3.05, 3.63) is 30.3 Å².